The van der Waals surface area contributed by atoms with Crippen LogP contribution < -0.4 is 10.1 Å². The largest absolute Gasteiger partial charge is 0.461 e. The van der Waals surface area contributed by atoms with Gasteiger partial charge in [0.25, 0.3) is 0 Å². The van der Waals surface area contributed by atoms with Gasteiger partial charge in [0.1, 0.15) is 17.9 Å². The fourth-order valence-electron chi connectivity index (χ4n) is 3.88. The van der Waals surface area contributed by atoms with Gasteiger partial charge in [0, 0.05) is 30.9 Å². The van der Waals surface area contributed by atoms with Crippen molar-refractivity contribution in [3.63, 3.8) is 0 Å². The smallest absolute Gasteiger partial charge is 0.145 e. The Morgan fingerprint density at radius 1 is 1.14 bits per heavy atom. The molecule has 0 saturated carbocycles. The van der Waals surface area contributed by atoms with Crippen LogP contribution in [-0.2, 0) is 7.05 Å². The lowest BCUT2D eigenvalue weighted by Gasteiger charge is -2.16. The highest BCUT2D eigenvalue weighted by atomic mass is 32.1. The minimum atomic E-state index is -0.408. The molecule has 2 aromatic carbocycles. The highest BCUT2D eigenvalue weighted by molar-refractivity contribution is 7.16. The van der Waals surface area contributed by atoms with Gasteiger partial charge in [-0.3, -0.25) is 4.68 Å². The van der Waals surface area contributed by atoms with Crippen molar-refractivity contribution >= 4 is 44.0 Å². The number of fused-ring (bicyclic) bond motifs is 2. The van der Waals surface area contributed by atoms with E-state index in [2.05, 4.69) is 31.4 Å². The maximum atomic E-state index is 9.77. The van der Waals surface area contributed by atoms with Gasteiger partial charge in [0.2, 0.25) is 0 Å². The quantitative estimate of drug-likeness (QED) is 0.218. The fraction of sp³-hybridized carbons (Fsp3) is 0.286. The summed E-state index contributed by atoms with van der Waals surface area (Å²) in [5, 5.41) is 18.3. The molecular formula is C28H32N6O2S. The van der Waals surface area contributed by atoms with Gasteiger partial charge in [0.15, 0.2) is 0 Å². The lowest BCUT2D eigenvalue weighted by atomic mass is 10.1. The molecule has 0 unspecified atom stereocenters. The number of thiazole rings is 1. The molecular weight excluding hydrogens is 484 g/mol. The second-order valence-electron chi connectivity index (χ2n) is 8.40. The molecule has 0 spiro atoms. The second kappa shape index (κ2) is 11.9. The number of rotatable bonds is 8. The normalized spacial score (nSPS) is 12.3. The van der Waals surface area contributed by atoms with Crippen LogP contribution >= 0.6 is 11.3 Å². The average molecular weight is 517 g/mol. The zero-order valence-corrected chi connectivity index (χ0v) is 22.6. The number of anilines is 2. The molecule has 0 aliphatic heterocycles. The summed E-state index contributed by atoms with van der Waals surface area (Å²) in [6, 6.07) is 10.0. The molecule has 0 aliphatic carbocycles. The second-order valence-corrected chi connectivity index (χ2v) is 9.28. The highest BCUT2D eigenvalue weighted by Crippen LogP contribution is 2.37. The number of allylic oxidation sites excluding steroid dienone is 2. The van der Waals surface area contributed by atoms with Crippen LogP contribution in [0.25, 0.3) is 32.2 Å². The number of nitrogens with zero attached hydrogens (tertiary/aromatic N) is 5. The van der Waals surface area contributed by atoms with E-state index in [1.807, 2.05) is 76.1 Å². The van der Waals surface area contributed by atoms with Gasteiger partial charge in [-0.2, -0.15) is 5.10 Å². The van der Waals surface area contributed by atoms with Gasteiger partial charge in [0.05, 0.1) is 44.7 Å². The van der Waals surface area contributed by atoms with E-state index in [9.17, 15) is 5.11 Å². The minimum Gasteiger partial charge on any atom is -0.461 e. The van der Waals surface area contributed by atoms with E-state index in [-0.39, 0.29) is 0 Å². The predicted octanol–water partition coefficient (Wildman–Crippen LogP) is 6.85. The molecule has 0 saturated heterocycles. The molecule has 3 aromatic heterocycles. The van der Waals surface area contributed by atoms with Crippen LogP contribution in [0.2, 0.25) is 0 Å². The standard InChI is InChI=1S/C26H26N6O2S.C2H6/c1-4-20(7-5-16(2)33)34-23-10-17(18-12-30-32(3)13-18)9-22-25(23)26(28-14-27-22)31-19-6-8-21-24(11-19)35-15-29-21;1-2/h4,6,8-16,33H,5,7H2,1-3H3,(H,27,28,31);1-2H3/b20-4+;/t16-;/m0./s1. The average Bonchev–Trinajstić information content (AvgIpc) is 3.56. The summed E-state index contributed by atoms with van der Waals surface area (Å²) < 4.78 is 9.29. The van der Waals surface area contributed by atoms with Crippen LogP contribution in [0.5, 0.6) is 5.75 Å². The number of hydrogen-bond donors (Lipinski definition) is 2. The van der Waals surface area contributed by atoms with Crippen LogP contribution in [0, 0.1) is 0 Å². The van der Waals surface area contributed by atoms with E-state index < -0.39 is 6.10 Å². The first-order valence-electron chi connectivity index (χ1n) is 12.4. The SMILES string of the molecule is C/C=C(\CC[C@H](C)O)Oc1cc(-c2cnn(C)c2)cc2ncnc(Nc3ccc4ncsc4c3)c12.CC. The van der Waals surface area contributed by atoms with Gasteiger partial charge in [-0.25, -0.2) is 15.0 Å². The Morgan fingerprint density at radius 3 is 2.70 bits per heavy atom. The van der Waals surface area contributed by atoms with Crippen molar-refractivity contribution in [1.29, 1.82) is 0 Å². The Hall–Kier alpha value is -3.82. The van der Waals surface area contributed by atoms with Crippen LogP contribution in [0.3, 0.4) is 0 Å². The topological polar surface area (TPSA) is 98.0 Å². The van der Waals surface area contributed by atoms with Crippen molar-refractivity contribution in [2.45, 2.75) is 46.6 Å². The maximum Gasteiger partial charge on any atom is 0.145 e. The van der Waals surface area contributed by atoms with Crippen molar-refractivity contribution < 1.29 is 9.84 Å². The molecule has 192 valence electrons. The summed E-state index contributed by atoms with van der Waals surface area (Å²) in [5.41, 5.74) is 6.38. The molecule has 8 nitrogen and oxygen atoms in total. The Morgan fingerprint density at radius 2 is 1.97 bits per heavy atom. The van der Waals surface area contributed by atoms with Gasteiger partial charge < -0.3 is 15.2 Å². The molecule has 0 bridgehead atoms. The van der Waals surface area contributed by atoms with E-state index in [1.54, 1.807) is 29.3 Å². The van der Waals surface area contributed by atoms with E-state index in [1.165, 1.54) is 0 Å². The van der Waals surface area contributed by atoms with Crippen molar-refractivity contribution in [1.82, 2.24) is 24.7 Å². The molecule has 3 heterocycles. The monoisotopic (exact) mass is 516 g/mol. The van der Waals surface area contributed by atoms with Gasteiger partial charge in [-0.15, -0.1) is 11.3 Å². The Kier molecular flexibility index (Phi) is 8.47. The van der Waals surface area contributed by atoms with Crippen LogP contribution in [0.15, 0.2) is 66.4 Å². The predicted molar refractivity (Wildman–Crippen MR) is 151 cm³/mol. The summed E-state index contributed by atoms with van der Waals surface area (Å²) in [6.45, 7) is 7.71. The van der Waals surface area contributed by atoms with Crippen LogP contribution in [-0.4, -0.2) is 35.9 Å². The molecule has 0 fully saturated rings. The number of ether oxygens (including phenoxy) is 1. The lowest BCUT2D eigenvalue weighted by Crippen LogP contribution is -2.04. The van der Waals surface area contributed by atoms with E-state index in [0.29, 0.717) is 24.4 Å². The molecule has 5 rings (SSSR count). The van der Waals surface area contributed by atoms with E-state index in [4.69, 9.17) is 4.74 Å². The summed E-state index contributed by atoms with van der Waals surface area (Å²) in [7, 11) is 1.89. The van der Waals surface area contributed by atoms with Gasteiger partial charge in [-0.05, 0) is 62.2 Å². The molecule has 9 heteroatoms. The molecule has 2 N–H and O–H groups in total. The molecule has 37 heavy (non-hydrogen) atoms. The van der Waals surface area contributed by atoms with E-state index in [0.717, 1.165) is 43.7 Å². The first-order valence-corrected chi connectivity index (χ1v) is 13.3. The third-order valence-corrected chi connectivity index (χ3v) is 6.50. The summed E-state index contributed by atoms with van der Waals surface area (Å²) in [4.78, 5) is 13.5. The van der Waals surface area contributed by atoms with E-state index >= 15 is 0 Å². The number of aromatic nitrogens is 5. The van der Waals surface area contributed by atoms with Crippen molar-refractivity contribution in [2.24, 2.45) is 7.05 Å². The first kappa shape index (κ1) is 26.2. The number of benzene rings is 2. The summed E-state index contributed by atoms with van der Waals surface area (Å²) in [5.74, 6) is 2.07. The number of nitrogens with one attached hydrogen (secondary N) is 1. The zero-order chi connectivity index (χ0) is 26.4. The van der Waals surface area contributed by atoms with Crippen LogP contribution in [0.1, 0.15) is 40.5 Å². The molecule has 5 aromatic rings. The Bertz CT molecular complexity index is 1520. The van der Waals surface area contributed by atoms with Gasteiger partial charge >= 0.3 is 0 Å². The summed E-state index contributed by atoms with van der Waals surface area (Å²) in [6.07, 6.45) is 8.08. The van der Waals surface area contributed by atoms with Gasteiger partial charge in [-0.1, -0.05) is 13.8 Å². The highest BCUT2D eigenvalue weighted by Gasteiger charge is 2.16. The fourth-order valence-corrected chi connectivity index (χ4v) is 4.60. The first-order chi connectivity index (χ1) is 18.0. The molecule has 0 aliphatic rings. The number of aliphatic hydroxyl groups is 1. The van der Waals surface area contributed by atoms with Crippen molar-refractivity contribution in [2.75, 3.05) is 5.32 Å². The Balaban J connectivity index is 0.00000156. The summed E-state index contributed by atoms with van der Waals surface area (Å²) >= 11 is 1.60. The Labute approximate surface area is 220 Å². The van der Waals surface area contributed by atoms with Crippen molar-refractivity contribution in [3.8, 4) is 16.9 Å². The number of hydrogen-bond acceptors (Lipinski definition) is 8. The third-order valence-electron chi connectivity index (χ3n) is 5.71. The van der Waals surface area contributed by atoms with Crippen LogP contribution in [0.4, 0.5) is 11.5 Å². The number of aliphatic hydroxyl groups excluding tert-OH is 1. The molecule has 1 atom stereocenters. The molecule has 0 amide bonds. The van der Waals surface area contributed by atoms with Crippen molar-refractivity contribution in [3.05, 3.63) is 66.4 Å². The third kappa shape index (κ3) is 6.12. The zero-order valence-electron chi connectivity index (χ0n) is 21.8. The minimum absolute atomic E-state index is 0.408. The maximum absolute atomic E-state index is 9.77. The molecule has 0 radical (unpaired) electrons. The number of aryl methyl sites for hydroxylation is 1. The lowest BCUT2D eigenvalue weighted by molar-refractivity contribution is 0.180.